The summed E-state index contributed by atoms with van der Waals surface area (Å²) in [6, 6.07) is 8.16. The molecule has 0 spiro atoms. The number of nitrogens with two attached hydrogens (primary N) is 1. The highest BCUT2D eigenvalue weighted by Gasteiger charge is 2.51. The topological polar surface area (TPSA) is 55.1 Å². The van der Waals surface area contributed by atoms with Gasteiger partial charge in [-0.3, -0.25) is 4.79 Å². The van der Waals surface area contributed by atoms with Crippen molar-refractivity contribution in [3.63, 3.8) is 0 Å². The summed E-state index contributed by atoms with van der Waals surface area (Å²) >= 11 is 0. The Hall–Kier alpha value is -1.51. The number of benzene rings is 1. The molecule has 2 aliphatic rings. The van der Waals surface area contributed by atoms with Gasteiger partial charge >= 0.3 is 0 Å². The molecule has 0 heterocycles. The second kappa shape index (κ2) is 4.55. The predicted molar refractivity (Wildman–Crippen MR) is 76.7 cm³/mol. The molecule has 3 heteroatoms. The molecule has 2 atom stereocenters. The number of amides is 1. The highest BCUT2D eigenvalue weighted by atomic mass is 16.2. The number of nitrogen functional groups attached to an aromatic ring is 1. The van der Waals surface area contributed by atoms with E-state index in [1.807, 2.05) is 24.3 Å². The lowest BCUT2D eigenvalue weighted by molar-refractivity contribution is -0.124. The molecule has 0 aliphatic heterocycles. The van der Waals surface area contributed by atoms with E-state index in [-0.39, 0.29) is 11.3 Å². The van der Waals surface area contributed by atoms with Crippen molar-refractivity contribution in [1.82, 2.24) is 5.32 Å². The molecule has 2 fully saturated rings. The van der Waals surface area contributed by atoms with Crippen LogP contribution in [0, 0.1) is 5.92 Å². The monoisotopic (exact) mass is 258 g/mol. The fraction of sp³-hybridized carbons (Fsp3) is 0.562. The number of carbonyl (C=O) groups excluding carboxylic acids is 1. The Morgan fingerprint density at radius 3 is 2.47 bits per heavy atom. The van der Waals surface area contributed by atoms with Crippen LogP contribution in [0.3, 0.4) is 0 Å². The summed E-state index contributed by atoms with van der Waals surface area (Å²) < 4.78 is 0. The van der Waals surface area contributed by atoms with Crippen LogP contribution < -0.4 is 11.1 Å². The van der Waals surface area contributed by atoms with E-state index in [0.29, 0.717) is 6.04 Å². The van der Waals surface area contributed by atoms with Crippen LogP contribution >= 0.6 is 0 Å². The van der Waals surface area contributed by atoms with E-state index in [4.69, 9.17) is 5.73 Å². The van der Waals surface area contributed by atoms with Gasteiger partial charge in [0.1, 0.15) is 0 Å². The Balaban J connectivity index is 1.70. The molecule has 102 valence electrons. The fourth-order valence-corrected chi connectivity index (χ4v) is 3.24. The molecule has 3 N–H and O–H groups in total. The van der Waals surface area contributed by atoms with Gasteiger partial charge in [0.05, 0.1) is 5.41 Å². The largest absolute Gasteiger partial charge is 0.399 e. The average Bonchev–Trinajstić information content (AvgIpc) is 3.10. The smallest absolute Gasteiger partial charge is 0.230 e. The van der Waals surface area contributed by atoms with Gasteiger partial charge in [-0.25, -0.2) is 0 Å². The van der Waals surface area contributed by atoms with Crippen molar-refractivity contribution in [1.29, 1.82) is 0 Å². The average molecular weight is 258 g/mol. The molecule has 2 unspecified atom stereocenters. The van der Waals surface area contributed by atoms with E-state index in [0.717, 1.165) is 42.9 Å². The summed E-state index contributed by atoms with van der Waals surface area (Å²) in [7, 11) is 0. The zero-order valence-electron chi connectivity index (χ0n) is 11.5. The van der Waals surface area contributed by atoms with Crippen molar-refractivity contribution in [3.05, 3.63) is 29.8 Å². The third kappa shape index (κ3) is 2.34. The van der Waals surface area contributed by atoms with E-state index in [2.05, 4.69) is 12.2 Å². The number of anilines is 1. The van der Waals surface area contributed by atoms with Crippen LogP contribution in [0.5, 0.6) is 0 Å². The number of nitrogens with one attached hydrogen (secondary N) is 1. The maximum absolute atomic E-state index is 12.5. The molecule has 0 saturated heterocycles. The molecule has 1 aromatic carbocycles. The maximum atomic E-state index is 12.5. The van der Waals surface area contributed by atoms with Crippen LogP contribution in [0.15, 0.2) is 24.3 Å². The SMILES string of the molecule is CC1CCC(NC(=O)C2(c3ccc(N)cc3)CC2)C1. The van der Waals surface area contributed by atoms with Gasteiger partial charge in [-0.2, -0.15) is 0 Å². The molecular weight excluding hydrogens is 236 g/mol. The first kappa shape index (κ1) is 12.5. The van der Waals surface area contributed by atoms with Crippen molar-refractivity contribution in [2.45, 2.75) is 50.5 Å². The van der Waals surface area contributed by atoms with E-state index in [1.165, 1.54) is 6.42 Å². The van der Waals surface area contributed by atoms with Crippen LogP contribution in [0.1, 0.15) is 44.6 Å². The van der Waals surface area contributed by atoms with Crippen molar-refractivity contribution in [2.24, 2.45) is 5.92 Å². The van der Waals surface area contributed by atoms with Gasteiger partial charge in [-0.05, 0) is 55.7 Å². The second-order valence-corrected chi connectivity index (χ2v) is 6.29. The summed E-state index contributed by atoms with van der Waals surface area (Å²) in [6.45, 7) is 2.26. The minimum absolute atomic E-state index is 0.219. The Morgan fingerprint density at radius 2 is 1.95 bits per heavy atom. The lowest BCUT2D eigenvalue weighted by atomic mass is 9.94. The van der Waals surface area contributed by atoms with Crippen molar-refractivity contribution in [3.8, 4) is 0 Å². The predicted octanol–water partition coefficient (Wildman–Crippen LogP) is 2.61. The lowest BCUT2D eigenvalue weighted by Crippen LogP contribution is -2.40. The van der Waals surface area contributed by atoms with Gasteiger partial charge in [0.25, 0.3) is 0 Å². The van der Waals surface area contributed by atoms with E-state index < -0.39 is 0 Å². The first-order valence-corrected chi connectivity index (χ1v) is 7.27. The first-order chi connectivity index (χ1) is 9.10. The molecule has 2 aliphatic carbocycles. The molecule has 3 nitrogen and oxygen atoms in total. The Labute approximate surface area is 114 Å². The van der Waals surface area contributed by atoms with Gasteiger partial charge in [-0.15, -0.1) is 0 Å². The third-order valence-corrected chi connectivity index (χ3v) is 4.68. The highest BCUT2D eigenvalue weighted by Crippen LogP contribution is 2.48. The Kier molecular flexibility index (Phi) is 3.00. The van der Waals surface area contributed by atoms with Gasteiger partial charge < -0.3 is 11.1 Å². The van der Waals surface area contributed by atoms with E-state index in [9.17, 15) is 4.79 Å². The number of rotatable bonds is 3. The van der Waals surface area contributed by atoms with Gasteiger partial charge in [0.2, 0.25) is 5.91 Å². The van der Waals surface area contributed by atoms with Crippen molar-refractivity contribution < 1.29 is 4.79 Å². The molecule has 1 amide bonds. The van der Waals surface area contributed by atoms with Crippen LogP contribution in [-0.4, -0.2) is 11.9 Å². The van der Waals surface area contributed by atoms with Crippen molar-refractivity contribution in [2.75, 3.05) is 5.73 Å². The third-order valence-electron chi connectivity index (χ3n) is 4.68. The standard InChI is InChI=1S/C16H22N2O/c1-11-2-7-14(10-11)18-15(19)16(8-9-16)12-3-5-13(17)6-4-12/h3-6,11,14H,2,7-10,17H2,1H3,(H,18,19). The summed E-state index contributed by atoms with van der Waals surface area (Å²) in [5, 5.41) is 3.25. The molecule has 19 heavy (non-hydrogen) atoms. The summed E-state index contributed by atoms with van der Waals surface area (Å²) in [6.07, 6.45) is 5.42. The normalized spacial score (nSPS) is 28.1. The lowest BCUT2D eigenvalue weighted by Gasteiger charge is -2.19. The van der Waals surface area contributed by atoms with Crippen LogP contribution in [0.25, 0.3) is 0 Å². The summed E-state index contributed by atoms with van der Waals surface area (Å²) in [4.78, 5) is 12.5. The number of hydrogen-bond donors (Lipinski definition) is 2. The van der Waals surface area contributed by atoms with Crippen LogP contribution in [-0.2, 0) is 10.2 Å². The fourth-order valence-electron chi connectivity index (χ4n) is 3.24. The second-order valence-electron chi connectivity index (χ2n) is 6.29. The van der Waals surface area contributed by atoms with Gasteiger partial charge in [0.15, 0.2) is 0 Å². The summed E-state index contributed by atoms with van der Waals surface area (Å²) in [5.74, 6) is 0.966. The molecule has 0 bridgehead atoms. The molecule has 0 radical (unpaired) electrons. The first-order valence-electron chi connectivity index (χ1n) is 7.27. The quantitative estimate of drug-likeness (QED) is 0.819. The summed E-state index contributed by atoms with van der Waals surface area (Å²) in [5.41, 5.74) is 7.32. The maximum Gasteiger partial charge on any atom is 0.230 e. The van der Waals surface area contributed by atoms with Crippen molar-refractivity contribution >= 4 is 11.6 Å². The number of carbonyl (C=O) groups is 1. The van der Waals surface area contributed by atoms with E-state index in [1.54, 1.807) is 0 Å². The molecule has 2 saturated carbocycles. The molecular formula is C16H22N2O. The van der Waals surface area contributed by atoms with E-state index >= 15 is 0 Å². The van der Waals surface area contributed by atoms with Gasteiger partial charge in [0, 0.05) is 11.7 Å². The van der Waals surface area contributed by atoms with Crippen LogP contribution in [0.2, 0.25) is 0 Å². The molecule has 0 aromatic heterocycles. The highest BCUT2D eigenvalue weighted by molar-refractivity contribution is 5.91. The van der Waals surface area contributed by atoms with Crippen LogP contribution in [0.4, 0.5) is 5.69 Å². The molecule has 3 rings (SSSR count). The Bertz CT molecular complexity index is 476. The number of hydrogen-bond acceptors (Lipinski definition) is 2. The Morgan fingerprint density at radius 1 is 1.26 bits per heavy atom. The molecule has 1 aromatic rings. The zero-order valence-corrected chi connectivity index (χ0v) is 11.5. The minimum Gasteiger partial charge on any atom is -0.399 e. The van der Waals surface area contributed by atoms with Gasteiger partial charge in [-0.1, -0.05) is 19.1 Å². The minimum atomic E-state index is -0.264. The zero-order chi connectivity index (χ0) is 13.5.